The van der Waals surface area contributed by atoms with Crippen molar-refractivity contribution in [2.75, 3.05) is 53.0 Å². The van der Waals surface area contributed by atoms with Crippen LogP contribution in [0.15, 0.2) is 16.6 Å². The lowest BCUT2D eigenvalue weighted by atomic mass is 10.1. The van der Waals surface area contributed by atoms with E-state index in [2.05, 4.69) is 25.1 Å². The molecule has 1 unspecified atom stereocenters. The summed E-state index contributed by atoms with van der Waals surface area (Å²) in [5.41, 5.74) is 0. The van der Waals surface area contributed by atoms with E-state index in [1.165, 1.54) is 13.0 Å². The summed E-state index contributed by atoms with van der Waals surface area (Å²) in [6, 6.07) is 0. The molecule has 3 heterocycles. The van der Waals surface area contributed by atoms with Gasteiger partial charge in [-0.3, -0.25) is 9.89 Å². The van der Waals surface area contributed by atoms with E-state index < -0.39 is 0 Å². The maximum absolute atomic E-state index is 5.47. The van der Waals surface area contributed by atoms with Crippen molar-refractivity contribution in [3.63, 3.8) is 0 Å². The van der Waals surface area contributed by atoms with Crippen molar-refractivity contribution in [3.05, 3.63) is 16.6 Å². The van der Waals surface area contributed by atoms with Gasteiger partial charge < -0.3 is 15.0 Å². The van der Waals surface area contributed by atoms with Crippen LogP contribution in [0, 0.1) is 5.92 Å². The van der Waals surface area contributed by atoms with Crippen LogP contribution in [0.3, 0.4) is 0 Å². The second-order valence-corrected chi connectivity index (χ2v) is 6.82. The largest absolute Gasteiger partial charge is 0.381 e. The Balaban J connectivity index is 0.00000192. The number of nitrogens with zero attached hydrogens (tertiary/aromatic N) is 4. The molecule has 3 rings (SSSR count). The maximum atomic E-state index is 5.47. The first-order valence-electron chi connectivity index (χ1n) is 7.99. The minimum Gasteiger partial charge on any atom is -0.381 e. The van der Waals surface area contributed by atoms with Crippen molar-refractivity contribution < 1.29 is 4.74 Å². The number of rotatable bonds is 4. The number of thiazole rings is 1. The third kappa shape index (κ3) is 5.54. The van der Waals surface area contributed by atoms with Gasteiger partial charge in [0, 0.05) is 58.0 Å². The highest BCUT2D eigenvalue weighted by atomic mass is 127. The number of nitrogens with one attached hydrogen (secondary N) is 1. The molecule has 1 aromatic heterocycles. The molecule has 23 heavy (non-hydrogen) atoms. The number of aliphatic imine (C=N–C) groups is 1. The topological polar surface area (TPSA) is 53.0 Å². The van der Waals surface area contributed by atoms with Gasteiger partial charge in [-0.25, -0.2) is 4.98 Å². The Hall–Kier alpha value is -0.450. The molecule has 2 saturated heterocycles. The lowest BCUT2D eigenvalue weighted by Crippen LogP contribution is -2.53. The zero-order chi connectivity index (χ0) is 15.2. The van der Waals surface area contributed by atoms with Crippen molar-refractivity contribution in [2.24, 2.45) is 10.9 Å². The summed E-state index contributed by atoms with van der Waals surface area (Å²) in [4.78, 5) is 13.6. The first-order valence-corrected chi connectivity index (χ1v) is 8.87. The summed E-state index contributed by atoms with van der Waals surface area (Å²) < 4.78 is 5.47. The van der Waals surface area contributed by atoms with Gasteiger partial charge in [0.15, 0.2) is 5.96 Å². The smallest absolute Gasteiger partial charge is 0.194 e. The molecule has 130 valence electrons. The molecule has 6 nitrogen and oxygen atoms in total. The van der Waals surface area contributed by atoms with E-state index in [1.807, 2.05) is 18.6 Å². The molecule has 0 radical (unpaired) electrons. The van der Waals surface area contributed by atoms with Gasteiger partial charge in [0.05, 0.1) is 13.2 Å². The normalized spacial score (nSPS) is 22.9. The van der Waals surface area contributed by atoms with Crippen LogP contribution in [0.5, 0.6) is 0 Å². The highest BCUT2D eigenvalue weighted by Crippen LogP contribution is 2.15. The van der Waals surface area contributed by atoms with Crippen LogP contribution in [-0.2, 0) is 11.3 Å². The average molecular weight is 451 g/mol. The first kappa shape index (κ1) is 18.9. The molecule has 0 bridgehead atoms. The fraction of sp³-hybridized carbons (Fsp3) is 0.733. The first-order chi connectivity index (χ1) is 10.8. The standard InChI is InChI=1S/C15H25N5OS.HI/c1-16-15(18-10-14-17-3-9-22-14)20-6-4-19(5-7-20)11-13-2-8-21-12-13;/h3,9,13H,2,4-8,10-12H2,1H3,(H,16,18);1H. The minimum atomic E-state index is 0. The number of piperazine rings is 1. The number of halogens is 1. The Morgan fingerprint density at radius 2 is 2.26 bits per heavy atom. The highest BCUT2D eigenvalue weighted by molar-refractivity contribution is 14.0. The molecule has 8 heteroatoms. The summed E-state index contributed by atoms with van der Waals surface area (Å²) in [6.45, 7) is 8.09. The van der Waals surface area contributed by atoms with Crippen LogP contribution in [0.4, 0.5) is 0 Å². The van der Waals surface area contributed by atoms with E-state index in [0.717, 1.165) is 62.8 Å². The Morgan fingerprint density at radius 3 is 2.87 bits per heavy atom. The van der Waals surface area contributed by atoms with Crippen LogP contribution >= 0.6 is 35.3 Å². The Kier molecular flexibility index (Phi) is 8.01. The molecule has 2 aliphatic heterocycles. The Morgan fingerprint density at radius 1 is 1.43 bits per heavy atom. The van der Waals surface area contributed by atoms with E-state index >= 15 is 0 Å². The summed E-state index contributed by atoms with van der Waals surface area (Å²) in [5, 5.41) is 6.52. The third-order valence-electron chi connectivity index (χ3n) is 4.31. The SMILES string of the molecule is CN=C(NCc1nccs1)N1CCN(CC2CCOC2)CC1.I. The molecule has 2 fully saturated rings. The van der Waals surface area contributed by atoms with Crippen molar-refractivity contribution in [1.82, 2.24) is 20.1 Å². The molecule has 1 aromatic rings. The van der Waals surface area contributed by atoms with E-state index in [-0.39, 0.29) is 24.0 Å². The molecular formula is C15H26IN5OS. The van der Waals surface area contributed by atoms with Gasteiger partial charge in [0.25, 0.3) is 0 Å². The Labute approximate surface area is 159 Å². The van der Waals surface area contributed by atoms with Crippen LogP contribution in [0.25, 0.3) is 0 Å². The molecule has 0 aromatic carbocycles. The molecular weight excluding hydrogens is 425 g/mol. The monoisotopic (exact) mass is 451 g/mol. The van der Waals surface area contributed by atoms with Gasteiger partial charge in [0.2, 0.25) is 0 Å². The molecule has 0 saturated carbocycles. The van der Waals surface area contributed by atoms with Crippen molar-refractivity contribution in [3.8, 4) is 0 Å². The van der Waals surface area contributed by atoms with Crippen molar-refractivity contribution in [2.45, 2.75) is 13.0 Å². The summed E-state index contributed by atoms with van der Waals surface area (Å²) in [6.07, 6.45) is 3.06. The van der Waals surface area contributed by atoms with Crippen LogP contribution in [-0.4, -0.2) is 73.7 Å². The zero-order valence-corrected chi connectivity index (χ0v) is 16.8. The third-order valence-corrected chi connectivity index (χ3v) is 5.08. The van der Waals surface area contributed by atoms with Crippen molar-refractivity contribution >= 4 is 41.3 Å². The quantitative estimate of drug-likeness (QED) is 0.427. The highest BCUT2D eigenvalue weighted by Gasteiger charge is 2.23. The minimum absolute atomic E-state index is 0. The van der Waals surface area contributed by atoms with E-state index in [9.17, 15) is 0 Å². The summed E-state index contributed by atoms with van der Waals surface area (Å²) >= 11 is 1.67. The molecule has 1 N–H and O–H groups in total. The average Bonchev–Trinajstić information content (AvgIpc) is 3.23. The van der Waals surface area contributed by atoms with Crippen LogP contribution in [0.1, 0.15) is 11.4 Å². The number of aromatic nitrogens is 1. The van der Waals surface area contributed by atoms with Gasteiger partial charge in [-0.05, 0) is 12.3 Å². The van der Waals surface area contributed by atoms with Gasteiger partial charge in [0.1, 0.15) is 5.01 Å². The van der Waals surface area contributed by atoms with Crippen molar-refractivity contribution in [1.29, 1.82) is 0 Å². The molecule has 2 aliphatic rings. The predicted octanol–water partition coefficient (Wildman–Crippen LogP) is 1.49. The second kappa shape index (κ2) is 9.75. The molecule has 1 atom stereocenters. The van der Waals surface area contributed by atoms with Gasteiger partial charge in [-0.1, -0.05) is 0 Å². The predicted molar refractivity (Wildman–Crippen MR) is 105 cm³/mol. The van der Waals surface area contributed by atoms with Gasteiger partial charge >= 0.3 is 0 Å². The lowest BCUT2D eigenvalue weighted by molar-refractivity contribution is 0.139. The van der Waals surface area contributed by atoms with E-state index in [4.69, 9.17) is 4.74 Å². The van der Waals surface area contributed by atoms with Crippen LogP contribution in [0.2, 0.25) is 0 Å². The number of hydrogen-bond donors (Lipinski definition) is 1. The van der Waals surface area contributed by atoms with Gasteiger partial charge in [-0.2, -0.15) is 0 Å². The number of hydrogen-bond acceptors (Lipinski definition) is 5. The maximum Gasteiger partial charge on any atom is 0.194 e. The zero-order valence-electron chi connectivity index (χ0n) is 13.6. The Bertz CT molecular complexity index is 470. The molecule has 0 aliphatic carbocycles. The number of ether oxygens (including phenoxy) is 1. The molecule has 0 spiro atoms. The fourth-order valence-electron chi connectivity index (χ4n) is 3.06. The summed E-state index contributed by atoms with van der Waals surface area (Å²) in [7, 11) is 1.85. The van der Waals surface area contributed by atoms with E-state index in [0.29, 0.717) is 0 Å². The second-order valence-electron chi connectivity index (χ2n) is 5.84. The van der Waals surface area contributed by atoms with E-state index in [1.54, 1.807) is 11.3 Å². The summed E-state index contributed by atoms with van der Waals surface area (Å²) in [5.74, 6) is 1.72. The number of guanidine groups is 1. The van der Waals surface area contributed by atoms with Gasteiger partial charge in [-0.15, -0.1) is 35.3 Å². The van der Waals surface area contributed by atoms with Crippen LogP contribution < -0.4 is 5.32 Å². The lowest BCUT2D eigenvalue weighted by Gasteiger charge is -2.37. The fourth-order valence-corrected chi connectivity index (χ4v) is 3.62. The molecule has 0 amide bonds.